The number of hydrogen-bond acceptors (Lipinski definition) is 4. The van der Waals surface area contributed by atoms with Crippen LogP contribution < -0.4 is 0 Å². The zero-order valence-corrected chi connectivity index (χ0v) is 14.7. The van der Waals surface area contributed by atoms with E-state index in [4.69, 9.17) is 0 Å². The number of hydrogen-bond donors (Lipinski definition) is 0. The number of carbonyl (C=O) groups excluding carboxylic acids is 1. The lowest BCUT2D eigenvalue weighted by atomic mass is 10.0. The Labute approximate surface area is 152 Å². The zero-order valence-electron chi connectivity index (χ0n) is 14.7. The molecule has 2 aromatic heterocycles. The Morgan fingerprint density at radius 1 is 1.27 bits per heavy atom. The van der Waals surface area contributed by atoms with Gasteiger partial charge in [0, 0.05) is 30.1 Å². The van der Waals surface area contributed by atoms with E-state index in [0.29, 0.717) is 17.9 Å². The molecule has 0 spiro atoms. The smallest absolute Gasteiger partial charge is 0.254 e. The van der Waals surface area contributed by atoms with Crippen molar-refractivity contribution < 1.29 is 4.79 Å². The van der Waals surface area contributed by atoms with Crippen LogP contribution in [-0.2, 0) is 0 Å². The van der Waals surface area contributed by atoms with Crippen LogP contribution in [0.15, 0.2) is 55.1 Å². The Kier molecular flexibility index (Phi) is 4.48. The third-order valence-corrected chi connectivity index (χ3v) is 4.75. The molecular weight excluding hydrogens is 326 g/mol. The highest BCUT2D eigenvalue weighted by molar-refractivity contribution is 5.96. The zero-order chi connectivity index (χ0) is 17.9. The van der Waals surface area contributed by atoms with E-state index < -0.39 is 0 Å². The van der Waals surface area contributed by atoms with Crippen LogP contribution in [0.2, 0.25) is 0 Å². The summed E-state index contributed by atoms with van der Waals surface area (Å²) >= 11 is 0. The summed E-state index contributed by atoms with van der Waals surface area (Å²) in [5.41, 5.74) is 2.55. The molecule has 1 aromatic carbocycles. The van der Waals surface area contributed by atoms with Crippen LogP contribution in [-0.4, -0.2) is 43.0 Å². The van der Waals surface area contributed by atoms with Crippen molar-refractivity contribution >= 4 is 11.7 Å². The average Bonchev–Trinajstić information content (AvgIpc) is 3.34. The van der Waals surface area contributed by atoms with Gasteiger partial charge in [-0.25, -0.2) is 9.50 Å². The number of rotatable bonds is 5. The predicted molar refractivity (Wildman–Crippen MR) is 99.7 cm³/mol. The lowest BCUT2D eigenvalue weighted by molar-refractivity contribution is 0.0743. The molecule has 0 radical (unpaired) electrons. The highest BCUT2D eigenvalue weighted by Crippen LogP contribution is 2.23. The van der Waals surface area contributed by atoms with Crippen LogP contribution in [0.4, 0.5) is 0 Å². The highest BCUT2D eigenvalue weighted by atomic mass is 16.2. The molecule has 6 nitrogen and oxygen atoms in total. The fraction of sp³-hybridized carbons (Fsp3) is 0.300. The minimum atomic E-state index is 0.0766. The van der Waals surface area contributed by atoms with Gasteiger partial charge in [0.2, 0.25) is 0 Å². The number of unbranched alkanes of at least 4 members (excludes halogenated alkanes) is 1. The van der Waals surface area contributed by atoms with E-state index in [0.717, 1.165) is 30.4 Å². The van der Waals surface area contributed by atoms with Gasteiger partial charge in [0.1, 0.15) is 6.33 Å². The van der Waals surface area contributed by atoms with E-state index in [1.165, 1.54) is 6.33 Å². The molecule has 0 bridgehead atoms. The van der Waals surface area contributed by atoms with Crippen molar-refractivity contribution in [3.05, 3.63) is 60.7 Å². The molecule has 26 heavy (non-hydrogen) atoms. The van der Waals surface area contributed by atoms with Crippen molar-refractivity contribution in [3.63, 3.8) is 0 Å². The Morgan fingerprint density at radius 3 is 3.08 bits per heavy atom. The SMILES string of the molecule is CCCCC1C=CCN1C(=O)c1cccc(-c2cnc3ncnn3c2)c1. The van der Waals surface area contributed by atoms with Crippen molar-refractivity contribution in [2.75, 3.05) is 6.54 Å². The summed E-state index contributed by atoms with van der Waals surface area (Å²) in [5.74, 6) is 0.635. The molecule has 4 rings (SSSR count). The summed E-state index contributed by atoms with van der Waals surface area (Å²) in [6, 6.07) is 7.91. The molecule has 0 N–H and O–H groups in total. The molecule has 1 amide bonds. The highest BCUT2D eigenvalue weighted by Gasteiger charge is 2.25. The van der Waals surface area contributed by atoms with Gasteiger partial charge < -0.3 is 4.90 Å². The van der Waals surface area contributed by atoms with Gasteiger partial charge in [-0.3, -0.25) is 4.79 Å². The van der Waals surface area contributed by atoms with Crippen LogP contribution in [0.5, 0.6) is 0 Å². The molecule has 132 valence electrons. The topological polar surface area (TPSA) is 63.4 Å². The van der Waals surface area contributed by atoms with E-state index in [9.17, 15) is 4.79 Å². The third kappa shape index (κ3) is 3.10. The predicted octanol–water partition coefficient (Wildman–Crippen LogP) is 3.36. The van der Waals surface area contributed by atoms with Crippen LogP contribution in [0.1, 0.15) is 36.5 Å². The van der Waals surface area contributed by atoms with Gasteiger partial charge in [0.15, 0.2) is 0 Å². The molecule has 1 unspecified atom stereocenters. The third-order valence-electron chi connectivity index (χ3n) is 4.75. The molecule has 1 atom stereocenters. The standard InChI is InChI=1S/C20H21N5O/c1-2-3-8-18-9-5-10-24(18)19(26)16-7-4-6-15(11-16)17-12-21-20-22-14-23-25(20)13-17/h4-7,9,11-14,18H,2-3,8,10H2,1H3. The van der Waals surface area contributed by atoms with Gasteiger partial charge in [0.25, 0.3) is 11.7 Å². The maximum absolute atomic E-state index is 13.0. The van der Waals surface area contributed by atoms with E-state index in [-0.39, 0.29) is 11.9 Å². The molecular formula is C20H21N5O. The Hall–Kier alpha value is -3.02. The Bertz CT molecular complexity index is 961. The van der Waals surface area contributed by atoms with Gasteiger partial charge in [-0.1, -0.05) is 44.1 Å². The van der Waals surface area contributed by atoms with Gasteiger partial charge in [-0.2, -0.15) is 10.1 Å². The quantitative estimate of drug-likeness (QED) is 0.664. The van der Waals surface area contributed by atoms with Gasteiger partial charge >= 0.3 is 0 Å². The summed E-state index contributed by atoms with van der Waals surface area (Å²) in [5, 5.41) is 4.12. The van der Waals surface area contributed by atoms with Crippen molar-refractivity contribution in [3.8, 4) is 11.1 Å². The molecule has 0 saturated carbocycles. The maximum atomic E-state index is 13.0. The second-order valence-electron chi connectivity index (χ2n) is 6.52. The van der Waals surface area contributed by atoms with Crippen molar-refractivity contribution in [2.45, 2.75) is 32.2 Å². The first kappa shape index (κ1) is 16.4. The van der Waals surface area contributed by atoms with Crippen LogP contribution in [0.25, 0.3) is 16.9 Å². The summed E-state index contributed by atoms with van der Waals surface area (Å²) < 4.78 is 1.63. The molecule has 3 heterocycles. The van der Waals surface area contributed by atoms with Crippen LogP contribution in [0, 0.1) is 0 Å². The van der Waals surface area contributed by atoms with E-state index >= 15 is 0 Å². The summed E-state index contributed by atoms with van der Waals surface area (Å²) in [6.07, 6.45) is 12.6. The molecule has 6 heteroatoms. The Morgan fingerprint density at radius 2 is 2.19 bits per heavy atom. The summed E-state index contributed by atoms with van der Waals surface area (Å²) in [7, 11) is 0. The minimum Gasteiger partial charge on any atom is -0.328 e. The fourth-order valence-corrected chi connectivity index (χ4v) is 3.34. The number of carbonyl (C=O) groups is 1. The largest absolute Gasteiger partial charge is 0.328 e. The maximum Gasteiger partial charge on any atom is 0.254 e. The first-order chi connectivity index (χ1) is 12.8. The average molecular weight is 347 g/mol. The second kappa shape index (κ2) is 7.07. The first-order valence-electron chi connectivity index (χ1n) is 8.99. The van der Waals surface area contributed by atoms with Gasteiger partial charge in [-0.05, 0) is 24.1 Å². The van der Waals surface area contributed by atoms with Crippen molar-refractivity contribution in [1.82, 2.24) is 24.5 Å². The minimum absolute atomic E-state index is 0.0766. The number of fused-ring (bicyclic) bond motifs is 1. The summed E-state index contributed by atoms with van der Waals surface area (Å²) in [4.78, 5) is 23.3. The molecule has 0 fully saturated rings. The molecule has 1 aliphatic heterocycles. The number of aromatic nitrogens is 4. The number of amides is 1. The van der Waals surface area contributed by atoms with Crippen LogP contribution in [0.3, 0.4) is 0 Å². The van der Waals surface area contributed by atoms with Crippen molar-refractivity contribution in [2.24, 2.45) is 0 Å². The number of nitrogens with zero attached hydrogens (tertiary/aromatic N) is 5. The normalized spacial score (nSPS) is 16.5. The van der Waals surface area contributed by atoms with E-state index in [1.54, 1.807) is 10.7 Å². The van der Waals surface area contributed by atoms with Crippen molar-refractivity contribution in [1.29, 1.82) is 0 Å². The number of benzene rings is 1. The Balaban J connectivity index is 1.59. The van der Waals surface area contributed by atoms with Crippen LogP contribution >= 0.6 is 0 Å². The van der Waals surface area contributed by atoms with Gasteiger partial charge in [0.05, 0.1) is 6.04 Å². The van der Waals surface area contributed by atoms with E-state index in [1.807, 2.05) is 35.4 Å². The first-order valence-corrected chi connectivity index (χ1v) is 8.99. The lowest BCUT2D eigenvalue weighted by Crippen LogP contribution is -2.36. The molecule has 0 saturated heterocycles. The second-order valence-corrected chi connectivity index (χ2v) is 6.52. The molecule has 1 aliphatic rings. The van der Waals surface area contributed by atoms with Gasteiger partial charge in [-0.15, -0.1) is 0 Å². The van der Waals surface area contributed by atoms with E-state index in [2.05, 4.69) is 34.1 Å². The summed E-state index contributed by atoms with van der Waals surface area (Å²) in [6.45, 7) is 2.86. The lowest BCUT2D eigenvalue weighted by Gasteiger charge is -2.25. The fourth-order valence-electron chi connectivity index (χ4n) is 3.34. The monoisotopic (exact) mass is 347 g/mol. The molecule has 3 aromatic rings. The molecule has 0 aliphatic carbocycles.